The molecule has 4 aromatic carbocycles. The van der Waals surface area contributed by atoms with Gasteiger partial charge in [-0.3, -0.25) is 0 Å². The van der Waals surface area contributed by atoms with Crippen molar-refractivity contribution in [3.05, 3.63) is 130 Å². The zero-order valence-corrected chi connectivity index (χ0v) is 32.4. The molecular formula is C49H53FN2+2. The summed E-state index contributed by atoms with van der Waals surface area (Å²) in [5.74, 6) is 0.140. The van der Waals surface area contributed by atoms with Crippen molar-refractivity contribution in [2.24, 2.45) is 0 Å². The molecule has 6 aromatic rings. The van der Waals surface area contributed by atoms with Gasteiger partial charge in [0.2, 0.25) is 11.4 Å². The number of halogens is 1. The zero-order valence-electron chi connectivity index (χ0n) is 32.4. The van der Waals surface area contributed by atoms with Crippen molar-refractivity contribution in [1.82, 2.24) is 0 Å². The summed E-state index contributed by atoms with van der Waals surface area (Å²) in [5.41, 5.74) is 13.4. The SMILES string of the molecule is CCCCc1cc2c3c4[n+](ccc3c1)C(CC)(CC)C(CC[n+]1ccc3cccc5c3c1-c1c(C)cccc1C5(C)C)c1ccc(F)c(c1-4)C2(C)C. The highest BCUT2D eigenvalue weighted by Gasteiger charge is 2.55. The lowest BCUT2D eigenvalue weighted by molar-refractivity contribution is -0.764. The summed E-state index contributed by atoms with van der Waals surface area (Å²) in [4.78, 5) is 0. The third kappa shape index (κ3) is 4.29. The first-order chi connectivity index (χ1) is 25.0. The van der Waals surface area contributed by atoms with Crippen LogP contribution in [0.3, 0.4) is 0 Å². The molecule has 0 radical (unpaired) electrons. The summed E-state index contributed by atoms with van der Waals surface area (Å²) in [6, 6.07) is 27.2. The Labute approximate surface area is 309 Å². The van der Waals surface area contributed by atoms with Gasteiger partial charge in [-0.05, 0) is 70.0 Å². The molecule has 1 atom stereocenters. The van der Waals surface area contributed by atoms with Gasteiger partial charge in [-0.2, -0.15) is 9.13 Å². The number of hydrogen-bond donors (Lipinski definition) is 0. The Morgan fingerprint density at radius 2 is 1.44 bits per heavy atom. The second-order valence-electron chi connectivity index (χ2n) is 17.2. The Morgan fingerprint density at radius 3 is 2.21 bits per heavy atom. The number of unbranched alkanes of at least 4 members (excludes halogenated alkanes) is 1. The molecule has 3 aliphatic rings. The second-order valence-corrected chi connectivity index (χ2v) is 17.2. The predicted molar refractivity (Wildman–Crippen MR) is 213 cm³/mol. The van der Waals surface area contributed by atoms with Crippen molar-refractivity contribution >= 4 is 21.5 Å². The van der Waals surface area contributed by atoms with E-state index in [0.717, 1.165) is 49.8 Å². The van der Waals surface area contributed by atoms with Gasteiger partial charge in [0.15, 0.2) is 17.9 Å². The number of fused-ring (bicyclic) bond motifs is 2. The van der Waals surface area contributed by atoms with Crippen molar-refractivity contribution in [3.63, 3.8) is 0 Å². The monoisotopic (exact) mass is 688 g/mol. The van der Waals surface area contributed by atoms with Gasteiger partial charge < -0.3 is 0 Å². The van der Waals surface area contributed by atoms with Gasteiger partial charge in [-0.1, -0.05) is 109 Å². The van der Waals surface area contributed by atoms with Crippen LogP contribution in [-0.4, -0.2) is 0 Å². The van der Waals surface area contributed by atoms with Gasteiger partial charge in [0.25, 0.3) is 0 Å². The standard InChI is InChI=1S/C49H53FN2/c1-9-12-16-31-28-33-23-27-52-46-42(33)38(29-31)48(7,8)44-39(50)21-20-34(43(44)46)35(49(52,10-2)11-3)24-26-51-25-22-32-17-14-19-37-41(32)45(51)40-30(4)15-13-18-36(40)47(37,5)6/h13-15,17-23,25,27-29,35H,9-12,16,24,26H2,1-8H3/q+2. The third-order valence-corrected chi connectivity index (χ3v) is 13.9. The molecule has 0 saturated heterocycles. The van der Waals surface area contributed by atoms with E-state index in [9.17, 15) is 0 Å². The van der Waals surface area contributed by atoms with Crippen molar-refractivity contribution in [3.8, 4) is 22.5 Å². The largest absolute Gasteiger partial charge is 0.221 e. The fraction of sp³-hybridized carbons (Fsp3) is 0.388. The lowest BCUT2D eigenvalue weighted by atomic mass is 9.62. The van der Waals surface area contributed by atoms with Crippen molar-refractivity contribution in [1.29, 1.82) is 0 Å². The van der Waals surface area contributed by atoms with Crippen LogP contribution in [0.15, 0.2) is 85.2 Å². The number of aryl methyl sites for hydroxylation is 3. The fourth-order valence-corrected chi connectivity index (χ4v) is 11.2. The molecule has 0 amide bonds. The minimum atomic E-state index is -0.452. The summed E-state index contributed by atoms with van der Waals surface area (Å²) >= 11 is 0. The van der Waals surface area contributed by atoms with Crippen molar-refractivity contribution in [2.75, 3.05) is 0 Å². The molecule has 2 aromatic heterocycles. The van der Waals surface area contributed by atoms with E-state index >= 15 is 4.39 Å². The van der Waals surface area contributed by atoms with Crippen LogP contribution < -0.4 is 9.13 Å². The number of hydrogen-bond acceptors (Lipinski definition) is 0. The van der Waals surface area contributed by atoms with E-state index in [2.05, 4.69) is 144 Å². The molecule has 264 valence electrons. The van der Waals surface area contributed by atoms with Gasteiger partial charge in [0.05, 0.1) is 27.8 Å². The molecule has 0 N–H and O–H groups in total. The molecule has 1 aliphatic heterocycles. The average molecular weight is 689 g/mol. The quantitative estimate of drug-likeness (QED) is 0.141. The number of rotatable bonds is 8. The lowest BCUT2D eigenvalue weighted by Gasteiger charge is -2.44. The van der Waals surface area contributed by atoms with Gasteiger partial charge in [0.1, 0.15) is 12.4 Å². The van der Waals surface area contributed by atoms with Gasteiger partial charge in [0, 0.05) is 47.8 Å². The lowest BCUT2D eigenvalue weighted by Crippen LogP contribution is -2.63. The van der Waals surface area contributed by atoms with E-state index < -0.39 is 5.41 Å². The van der Waals surface area contributed by atoms with E-state index in [0.29, 0.717) is 0 Å². The Hall–Kier alpha value is -4.37. The summed E-state index contributed by atoms with van der Waals surface area (Å²) < 4.78 is 21.7. The molecule has 1 unspecified atom stereocenters. The highest BCUT2D eigenvalue weighted by Crippen LogP contribution is 2.57. The summed E-state index contributed by atoms with van der Waals surface area (Å²) in [6.45, 7) is 19.4. The van der Waals surface area contributed by atoms with Crippen molar-refractivity contribution in [2.45, 2.75) is 123 Å². The second kappa shape index (κ2) is 11.6. The predicted octanol–water partition coefficient (Wildman–Crippen LogP) is 11.7. The minimum absolute atomic E-state index is 0.0771. The average Bonchev–Trinajstić information content (AvgIpc) is 3.14. The van der Waals surface area contributed by atoms with Crippen molar-refractivity contribution < 1.29 is 13.5 Å². The molecule has 2 aliphatic carbocycles. The van der Waals surface area contributed by atoms with Crippen LogP contribution in [0.5, 0.6) is 0 Å². The van der Waals surface area contributed by atoms with Gasteiger partial charge >= 0.3 is 0 Å². The molecule has 3 heterocycles. The number of nitrogens with zero attached hydrogens (tertiary/aromatic N) is 2. The van der Waals surface area contributed by atoms with E-state index in [1.54, 1.807) is 6.07 Å². The highest BCUT2D eigenvalue weighted by molar-refractivity contribution is 6.02. The first kappa shape index (κ1) is 33.5. The first-order valence-corrected chi connectivity index (χ1v) is 19.9. The minimum Gasteiger partial charge on any atom is -0.207 e. The molecule has 0 fully saturated rings. The zero-order chi connectivity index (χ0) is 36.3. The number of aromatic nitrogens is 2. The Balaban J connectivity index is 1.26. The van der Waals surface area contributed by atoms with E-state index in [4.69, 9.17) is 0 Å². The molecule has 0 bridgehead atoms. The van der Waals surface area contributed by atoms with Crippen LogP contribution in [0.2, 0.25) is 0 Å². The molecule has 3 heteroatoms. The van der Waals surface area contributed by atoms with E-state index in [-0.39, 0.29) is 22.7 Å². The molecule has 52 heavy (non-hydrogen) atoms. The summed E-state index contributed by atoms with van der Waals surface area (Å²) in [7, 11) is 0. The molecule has 0 spiro atoms. The van der Waals surface area contributed by atoms with Gasteiger partial charge in [-0.25, -0.2) is 4.39 Å². The van der Waals surface area contributed by atoms with Crippen LogP contribution in [-0.2, 0) is 29.3 Å². The Kier molecular flexibility index (Phi) is 7.44. The van der Waals surface area contributed by atoms with E-state index in [1.165, 1.54) is 78.3 Å². The fourth-order valence-electron chi connectivity index (χ4n) is 11.2. The molecule has 2 nitrogen and oxygen atoms in total. The summed E-state index contributed by atoms with van der Waals surface area (Å²) in [6.07, 6.45) is 11.1. The first-order valence-electron chi connectivity index (χ1n) is 19.9. The molecular weight excluding hydrogens is 636 g/mol. The smallest absolute Gasteiger partial charge is 0.207 e. The summed E-state index contributed by atoms with van der Waals surface area (Å²) in [5, 5.41) is 5.31. The Morgan fingerprint density at radius 1 is 0.712 bits per heavy atom. The third-order valence-electron chi connectivity index (χ3n) is 13.9. The van der Waals surface area contributed by atoms with Crippen LogP contribution in [0.25, 0.3) is 44.1 Å². The highest BCUT2D eigenvalue weighted by atomic mass is 19.1. The van der Waals surface area contributed by atoms with Crippen LogP contribution in [0, 0.1) is 12.7 Å². The van der Waals surface area contributed by atoms with Gasteiger partial charge in [-0.15, -0.1) is 0 Å². The van der Waals surface area contributed by atoms with Crippen LogP contribution in [0.4, 0.5) is 4.39 Å². The maximum Gasteiger partial charge on any atom is 0.221 e. The van der Waals surface area contributed by atoms with E-state index in [1.807, 2.05) is 0 Å². The number of pyridine rings is 2. The Bertz CT molecular complexity index is 2460. The number of benzene rings is 4. The normalized spacial score (nSPS) is 18.1. The maximum absolute atomic E-state index is 16.5. The topological polar surface area (TPSA) is 7.76 Å². The molecule has 9 rings (SSSR count). The maximum atomic E-state index is 16.5. The molecule has 0 saturated carbocycles. The van der Waals surface area contributed by atoms with Crippen LogP contribution >= 0.6 is 0 Å². The van der Waals surface area contributed by atoms with Crippen LogP contribution in [0.1, 0.15) is 125 Å².